The van der Waals surface area contributed by atoms with Crippen molar-refractivity contribution >= 4 is 5.97 Å². The highest BCUT2D eigenvalue weighted by atomic mass is 19.1. The predicted octanol–water partition coefficient (Wildman–Crippen LogP) is 6.46. The molecule has 3 heteroatoms. The van der Waals surface area contributed by atoms with Gasteiger partial charge >= 0.3 is 5.97 Å². The third-order valence-corrected chi connectivity index (χ3v) is 6.49. The number of carbonyl (C=O) groups excluding carboxylic acids is 1. The number of aryl methyl sites for hydroxylation is 1. The minimum absolute atomic E-state index is 0.179. The highest BCUT2D eigenvalue weighted by Crippen LogP contribution is 2.35. The summed E-state index contributed by atoms with van der Waals surface area (Å²) >= 11 is 0. The molecule has 2 aliphatic rings. The lowest BCUT2D eigenvalue weighted by Crippen LogP contribution is -2.18. The lowest BCUT2D eigenvalue weighted by Gasteiger charge is -2.23. The molecule has 0 unspecified atom stereocenters. The topological polar surface area (TPSA) is 26.3 Å². The van der Waals surface area contributed by atoms with Crippen LogP contribution in [0.1, 0.15) is 86.0 Å². The molecule has 0 N–H and O–H groups in total. The van der Waals surface area contributed by atoms with Crippen molar-refractivity contribution in [3.05, 3.63) is 64.5 Å². The van der Waals surface area contributed by atoms with E-state index in [0.717, 1.165) is 43.2 Å². The van der Waals surface area contributed by atoms with Crippen LogP contribution >= 0.6 is 0 Å². The zero-order valence-electron chi connectivity index (χ0n) is 16.7. The minimum atomic E-state index is -0.491. The van der Waals surface area contributed by atoms with E-state index in [2.05, 4.69) is 6.07 Å². The fourth-order valence-electron chi connectivity index (χ4n) is 4.73. The first-order valence-electron chi connectivity index (χ1n) is 10.8. The monoisotopic (exact) mass is 380 g/mol. The van der Waals surface area contributed by atoms with Gasteiger partial charge in [-0.2, -0.15) is 0 Å². The lowest BCUT2D eigenvalue weighted by atomic mass is 9.83. The summed E-state index contributed by atoms with van der Waals surface area (Å²) in [6, 6.07) is 11.3. The van der Waals surface area contributed by atoms with E-state index in [1.54, 1.807) is 6.92 Å². The number of fused-ring (bicyclic) bond motifs is 1. The highest BCUT2D eigenvalue weighted by molar-refractivity contribution is 5.80. The SMILES string of the molecule is C[C@@H](C(=O)Oc1cccc2c1CCCC2)c1ccc(C2CCCCC2)c(F)c1. The van der Waals surface area contributed by atoms with Crippen molar-refractivity contribution in [1.29, 1.82) is 0 Å². The van der Waals surface area contributed by atoms with Crippen molar-refractivity contribution in [2.24, 2.45) is 0 Å². The second-order valence-corrected chi connectivity index (χ2v) is 8.36. The number of halogens is 1. The van der Waals surface area contributed by atoms with Crippen molar-refractivity contribution < 1.29 is 13.9 Å². The highest BCUT2D eigenvalue weighted by Gasteiger charge is 2.24. The van der Waals surface area contributed by atoms with Gasteiger partial charge in [-0.05, 0) is 85.8 Å². The van der Waals surface area contributed by atoms with Crippen molar-refractivity contribution in [2.75, 3.05) is 0 Å². The standard InChI is InChI=1S/C25H29FO2/c1-17(20-14-15-21(23(26)16-20)18-8-3-2-4-9-18)25(27)28-24-13-7-11-19-10-5-6-12-22(19)24/h7,11,13-18H,2-6,8-10,12H2,1H3/t17-/m1/s1. The third-order valence-electron chi connectivity index (χ3n) is 6.49. The fourth-order valence-corrected chi connectivity index (χ4v) is 4.73. The molecule has 4 rings (SSSR count). The predicted molar refractivity (Wildman–Crippen MR) is 109 cm³/mol. The van der Waals surface area contributed by atoms with Crippen LogP contribution in [0.15, 0.2) is 36.4 Å². The van der Waals surface area contributed by atoms with Crippen LogP contribution in [0.4, 0.5) is 4.39 Å². The van der Waals surface area contributed by atoms with Crippen LogP contribution in [-0.2, 0) is 17.6 Å². The molecular formula is C25H29FO2. The van der Waals surface area contributed by atoms with Crippen LogP contribution < -0.4 is 4.74 Å². The van der Waals surface area contributed by atoms with Gasteiger partial charge in [-0.1, -0.05) is 43.5 Å². The van der Waals surface area contributed by atoms with Gasteiger partial charge in [0.15, 0.2) is 0 Å². The van der Waals surface area contributed by atoms with E-state index in [4.69, 9.17) is 4.74 Å². The number of esters is 1. The molecule has 2 aliphatic carbocycles. The number of hydrogen-bond donors (Lipinski definition) is 0. The van der Waals surface area contributed by atoms with Gasteiger partial charge in [0.2, 0.25) is 0 Å². The summed E-state index contributed by atoms with van der Waals surface area (Å²) in [7, 11) is 0. The summed E-state index contributed by atoms with van der Waals surface area (Å²) < 4.78 is 20.5. The van der Waals surface area contributed by atoms with E-state index in [1.165, 1.54) is 37.3 Å². The Hall–Kier alpha value is -2.16. The molecule has 0 aliphatic heterocycles. The average Bonchev–Trinajstić information content (AvgIpc) is 2.74. The summed E-state index contributed by atoms with van der Waals surface area (Å²) in [5.41, 5.74) is 3.94. The maximum Gasteiger partial charge on any atom is 0.318 e. The molecule has 0 bridgehead atoms. The molecule has 2 aromatic carbocycles. The van der Waals surface area contributed by atoms with Gasteiger partial charge in [0.25, 0.3) is 0 Å². The molecule has 1 fully saturated rings. The molecule has 2 aromatic rings. The summed E-state index contributed by atoms with van der Waals surface area (Å²) in [5.74, 6) is 0.00790. The number of carbonyl (C=O) groups is 1. The largest absolute Gasteiger partial charge is 0.426 e. The van der Waals surface area contributed by atoms with Gasteiger partial charge in [-0.25, -0.2) is 4.39 Å². The molecule has 0 amide bonds. The Kier molecular flexibility index (Phi) is 5.79. The Bertz CT molecular complexity index is 852. The maximum absolute atomic E-state index is 14.8. The molecule has 148 valence electrons. The molecule has 0 aromatic heterocycles. The van der Waals surface area contributed by atoms with Gasteiger partial charge in [0.1, 0.15) is 11.6 Å². The smallest absolute Gasteiger partial charge is 0.318 e. The van der Waals surface area contributed by atoms with Crippen LogP contribution in [0.25, 0.3) is 0 Å². The Morgan fingerprint density at radius 1 is 1.04 bits per heavy atom. The summed E-state index contributed by atoms with van der Waals surface area (Å²) in [6.45, 7) is 1.80. The van der Waals surface area contributed by atoms with Crippen molar-refractivity contribution in [1.82, 2.24) is 0 Å². The quantitative estimate of drug-likeness (QED) is 0.449. The van der Waals surface area contributed by atoms with Crippen molar-refractivity contribution in [3.8, 4) is 5.75 Å². The van der Waals surface area contributed by atoms with Gasteiger partial charge in [0.05, 0.1) is 5.92 Å². The molecule has 0 heterocycles. The molecule has 1 atom stereocenters. The van der Waals surface area contributed by atoms with Crippen LogP contribution in [0.3, 0.4) is 0 Å². The minimum Gasteiger partial charge on any atom is -0.426 e. The number of hydrogen-bond acceptors (Lipinski definition) is 2. The van der Waals surface area contributed by atoms with Crippen LogP contribution in [0.2, 0.25) is 0 Å². The second-order valence-electron chi connectivity index (χ2n) is 8.36. The summed E-state index contributed by atoms with van der Waals surface area (Å²) in [4.78, 5) is 12.8. The van der Waals surface area contributed by atoms with Crippen LogP contribution in [0.5, 0.6) is 5.75 Å². The zero-order chi connectivity index (χ0) is 19.5. The summed E-state index contributed by atoms with van der Waals surface area (Å²) in [5, 5.41) is 0. The second kappa shape index (κ2) is 8.46. The molecule has 1 saturated carbocycles. The molecule has 0 radical (unpaired) electrons. The van der Waals surface area contributed by atoms with Gasteiger partial charge in [-0.15, -0.1) is 0 Å². The van der Waals surface area contributed by atoms with Crippen LogP contribution in [-0.4, -0.2) is 5.97 Å². The van der Waals surface area contributed by atoms with Gasteiger partial charge < -0.3 is 4.74 Å². The first-order chi connectivity index (χ1) is 13.6. The Morgan fingerprint density at radius 3 is 2.61 bits per heavy atom. The summed E-state index contributed by atoms with van der Waals surface area (Å²) in [6.07, 6.45) is 10.1. The molecule has 0 spiro atoms. The zero-order valence-corrected chi connectivity index (χ0v) is 16.7. The van der Waals surface area contributed by atoms with E-state index < -0.39 is 5.92 Å². The normalized spacial score (nSPS) is 18.4. The lowest BCUT2D eigenvalue weighted by molar-refractivity contribution is -0.135. The fraction of sp³-hybridized carbons (Fsp3) is 0.480. The van der Waals surface area contributed by atoms with E-state index >= 15 is 0 Å². The number of ether oxygens (including phenoxy) is 1. The first-order valence-corrected chi connectivity index (χ1v) is 10.8. The van der Waals surface area contributed by atoms with E-state index in [1.807, 2.05) is 24.3 Å². The average molecular weight is 381 g/mol. The maximum atomic E-state index is 14.8. The number of rotatable bonds is 4. The van der Waals surface area contributed by atoms with E-state index in [0.29, 0.717) is 17.2 Å². The molecule has 28 heavy (non-hydrogen) atoms. The molecular weight excluding hydrogens is 351 g/mol. The van der Waals surface area contributed by atoms with E-state index in [-0.39, 0.29) is 11.8 Å². The van der Waals surface area contributed by atoms with Gasteiger partial charge in [0, 0.05) is 0 Å². The Labute approximate surface area is 167 Å². The Balaban J connectivity index is 1.49. The van der Waals surface area contributed by atoms with Crippen molar-refractivity contribution in [2.45, 2.75) is 76.5 Å². The Morgan fingerprint density at radius 2 is 1.82 bits per heavy atom. The first kappa shape index (κ1) is 19.2. The van der Waals surface area contributed by atoms with Gasteiger partial charge in [-0.3, -0.25) is 4.79 Å². The van der Waals surface area contributed by atoms with Crippen molar-refractivity contribution in [3.63, 3.8) is 0 Å². The molecule has 0 saturated heterocycles. The van der Waals surface area contributed by atoms with E-state index in [9.17, 15) is 9.18 Å². The molecule has 2 nitrogen and oxygen atoms in total. The number of benzene rings is 2. The third kappa shape index (κ3) is 3.99. The van der Waals surface area contributed by atoms with Crippen LogP contribution in [0, 0.1) is 5.82 Å².